The summed E-state index contributed by atoms with van der Waals surface area (Å²) in [7, 11) is 0. The maximum absolute atomic E-state index is 13.8. The van der Waals surface area contributed by atoms with Gasteiger partial charge in [0.2, 0.25) is 5.88 Å². The number of hydrogen-bond acceptors (Lipinski definition) is 5. The number of benzene rings is 2. The minimum absolute atomic E-state index is 0.0181. The minimum atomic E-state index is -0.743. The number of aryl methyl sites for hydroxylation is 1. The Balaban J connectivity index is 1.54. The van der Waals surface area contributed by atoms with Crippen LogP contribution in [-0.4, -0.2) is 33.7 Å². The van der Waals surface area contributed by atoms with Gasteiger partial charge in [0, 0.05) is 23.9 Å². The molecule has 1 N–H and O–H groups in total. The number of anilines is 1. The van der Waals surface area contributed by atoms with E-state index in [0.29, 0.717) is 18.8 Å². The van der Waals surface area contributed by atoms with Crippen molar-refractivity contribution in [1.82, 2.24) is 9.55 Å². The molecule has 0 radical (unpaired) electrons. The Bertz CT molecular complexity index is 1300. The molecular weight excluding hydrogens is 500 g/mol. The third-order valence-electron chi connectivity index (χ3n) is 5.47. The second kappa shape index (κ2) is 9.40. The average Bonchev–Trinajstić information content (AvgIpc) is 3.22. The Hall–Kier alpha value is -3.11. The molecule has 10 heteroatoms. The predicted octanol–water partition coefficient (Wildman–Crippen LogP) is 3.10. The van der Waals surface area contributed by atoms with Crippen molar-refractivity contribution < 1.29 is 23.4 Å². The second-order valence-corrected chi connectivity index (χ2v) is 8.40. The minimum Gasteiger partial charge on any atom is -0.472 e. The van der Waals surface area contributed by atoms with Gasteiger partial charge in [-0.2, -0.15) is 4.98 Å². The molecule has 7 nitrogen and oxygen atoms in total. The highest BCUT2D eigenvalue weighted by atomic mass is 79.9. The van der Waals surface area contributed by atoms with E-state index >= 15 is 0 Å². The number of aliphatic hydroxyl groups excluding tert-OH is 1. The average molecular weight is 520 g/mol. The van der Waals surface area contributed by atoms with Gasteiger partial charge in [0.05, 0.1) is 6.54 Å². The van der Waals surface area contributed by atoms with Crippen LogP contribution in [0.1, 0.15) is 22.5 Å². The van der Waals surface area contributed by atoms with E-state index in [4.69, 9.17) is 9.84 Å². The highest BCUT2D eigenvalue weighted by Crippen LogP contribution is 2.29. The van der Waals surface area contributed by atoms with E-state index in [0.717, 1.165) is 28.9 Å². The molecular formula is C23H20BrF2N3O4. The molecule has 0 bridgehead atoms. The number of aliphatic hydroxyl groups is 1. The van der Waals surface area contributed by atoms with Crippen LogP contribution in [0.15, 0.2) is 45.7 Å². The van der Waals surface area contributed by atoms with Crippen molar-refractivity contribution in [2.75, 3.05) is 18.1 Å². The maximum atomic E-state index is 13.8. The van der Waals surface area contributed by atoms with Crippen molar-refractivity contribution >= 4 is 27.5 Å². The molecule has 1 aliphatic rings. The summed E-state index contributed by atoms with van der Waals surface area (Å²) in [6, 6.07) is 8.73. The fourth-order valence-corrected chi connectivity index (χ4v) is 4.18. The van der Waals surface area contributed by atoms with Crippen LogP contribution in [0.4, 0.5) is 14.5 Å². The van der Waals surface area contributed by atoms with E-state index in [2.05, 4.69) is 20.9 Å². The van der Waals surface area contributed by atoms with Crippen LogP contribution in [0.3, 0.4) is 0 Å². The van der Waals surface area contributed by atoms with Crippen LogP contribution in [0, 0.1) is 18.6 Å². The zero-order valence-corrected chi connectivity index (χ0v) is 19.2. The fraction of sp³-hybridized carbons (Fsp3) is 0.261. The number of fused-ring (bicyclic) bond motifs is 1. The summed E-state index contributed by atoms with van der Waals surface area (Å²) in [6.45, 7) is 1.66. The highest BCUT2D eigenvalue weighted by Gasteiger charge is 2.24. The number of hydrogen-bond donors (Lipinski definition) is 1. The number of nitrogens with zero attached hydrogens (tertiary/aromatic N) is 3. The second-order valence-electron chi connectivity index (χ2n) is 7.61. The zero-order chi connectivity index (χ0) is 23.7. The van der Waals surface area contributed by atoms with Gasteiger partial charge in [0.1, 0.15) is 35.1 Å². The van der Waals surface area contributed by atoms with Gasteiger partial charge >= 0.3 is 0 Å². The maximum Gasteiger partial charge on any atom is 0.272 e. The fourth-order valence-electron chi connectivity index (χ4n) is 3.76. The lowest BCUT2D eigenvalue weighted by Crippen LogP contribution is -2.31. The summed E-state index contributed by atoms with van der Waals surface area (Å²) >= 11 is 3.22. The summed E-state index contributed by atoms with van der Waals surface area (Å²) < 4.78 is 34.0. The molecule has 1 aliphatic heterocycles. The summed E-state index contributed by atoms with van der Waals surface area (Å²) in [4.78, 5) is 30.7. The summed E-state index contributed by atoms with van der Waals surface area (Å²) in [5.74, 6) is -1.36. The number of aromatic nitrogens is 2. The molecule has 0 saturated heterocycles. The predicted molar refractivity (Wildman–Crippen MR) is 120 cm³/mol. The number of amides is 1. The molecule has 0 aliphatic carbocycles. The van der Waals surface area contributed by atoms with Gasteiger partial charge in [-0.3, -0.25) is 14.2 Å². The molecule has 4 rings (SSSR count). The Kier molecular flexibility index (Phi) is 6.57. The van der Waals surface area contributed by atoms with Crippen LogP contribution in [0.2, 0.25) is 0 Å². The quantitative estimate of drug-likeness (QED) is 0.540. The first kappa shape index (κ1) is 23.1. The number of ether oxygens (including phenoxy) is 1. The van der Waals surface area contributed by atoms with Crippen molar-refractivity contribution in [2.45, 2.75) is 26.5 Å². The molecule has 2 aromatic carbocycles. The summed E-state index contributed by atoms with van der Waals surface area (Å²) in [5.41, 5.74) is 2.35. The third kappa shape index (κ3) is 4.67. The molecule has 1 aromatic heterocycles. The Morgan fingerprint density at radius 1 is 1.24 bits per heavy atom. The first-order chi connectivity index (χ1) is 15.8. The van der Waals surface area contributed by atoms with Crippen molar-refractivity contribution in [1.29, 1.82) is 0 Å². The van der Waals surface area contributed by atoms with Crippen molar-refractivity contribution in [3.05, 3.63) is 85.4 Å². The van der Waals surface area contributed by atoms with Gasteiger partial charge in [0.15, 0.2) is 0 Å². The number of rotatable bonds is 6. The first-order valence-electron chi connectivity index (χ1n) is 10.1. The van der Waals surface area contributed by atoms with Gasteiger partial charge in [-0.05, 0) is 58.6 Å². The molecule has 0 unspecified atom stereocenters. The monoisotopic (exact) mass is 519 g/mol. The normalized spacial score (nSPS) is 12.7. The molecule has 0 spiro atoms. The van der Waals surface area contributed by atoms with E-state index < -0.39 is 18.2 Å². The molecule has 172 valence electrons. The largest absolute Gasteiger partial charge is 0.472 e. The smallest absolute Gasteiger partial charge is 0.272 e. The number of halogens is 3. The topological polar surface area (TPSA) is 84.7 Å². The summed E-state index contributed by atoms with van der Waals surface area (Å²) in [6.07, 6.45) is 0.664. The SMILES string of the molecule is Cc1nc(OCc2ccc(F)cc2F)c(Br)c(=O)n1Cc1ccc2c(c1)CCN2C(=O)CO. The van der Waals surface area contributed by atoms with Crippen LogP contribution >= 0.6 is 15.9 Å². The molecule has 0 saturated carbocycles. The van der Waals surface area contributed by atoms with Crippen molar-refractivity contribution in [3.8, 4) is 5.88 Å². The molecule has 0 fully saturated rings. The van der Waals surface area contributed by atoms with Crippen molar-refractivity contribution in [3.63, 3.8) is 0 Å². The highest BCUT2D eigenvalue weighted by molar-refractivity contribution is 9.10. The van der Waals surface area contributed by atoms with Gasteiger partial charge in [0.25, 0.3) is 11.5 Å². The molecule has 33 heavy (non-hydrogen) atoms. The van der Waals surface area contributed by atoms with Gasteiger partial charge in [-0.25, -0.2) is 8.78 Å². The zero-order valence-electron chi connectivity index (χ0n) is 17.6. The lowest BCUT2D eigenvalue weighted by Gasteiger charge is -2.17. The molecule has 2 heterocycles. The molecule has 0 atom stereocenters. The van der Waals surface area contributed by atoms with Crippen LogP contribution in [0.25, 0.3) is 0 Å². The van der Waals surface area contributed by atoms with Gasteiger partial charge in [-0.1, -0.05) is 12.1 Å². The lowest BCUT2D eigenvalue weighted by molar-refractivity contribution is -0.121. The van der Waals surface area contributed by atoms with E-state index in [1.54, 1.807) is 11.8 Å². The molecule has 1 amide bonds. The lowest BCUT2D eigenvalue weighted by atomic mass is 10.1. The van der Waals surface area contributed by atoms with E-state index in [9.17, 15) is 18.4 Å². The third-order valence-corrected chi connectivity index (χ3v) is 6.15. The van der Waals surface area contributed by atoms with E-state index in [-0.39, 0.29) is 40.5 Å². The Labute approximate surface area is 196 Å². The Morgan fingerprint density at radius 2 is 2.03 bits per heavy atom. The standard InChI is InChI=1S/C23H20BrF2N3O4/c1-13-27-22(33-12-16-3-4-17(25)9-18(16)26)21(24)23(32)29(13)10-14-2-5-19-15(8-14)6-7-28(19)20(31)11-30/h2-5,8-9,30H,6-7,10-12H2,1H3. The number of carbonyl (C=O) groups is 1. The van der Waals surface area contributed by atoms with E-state index in [1.165, 1.54) is 10.6 Å². The Morgan fingerprint density at radius 3 is 2.76 bits per heavy atom. The first-order valence-corrected chi connectivity index (χ1v) is 10.9. The van der Waals surface area contributed by atoms with Crippen molar-refractivity contribution in [2.24, 2.45) is 0 Å². The van der Waals surface area contributed by atoms with E-state index in [1.807, 2.05) is 18.2 Å². The van der Waals surface area contributed by atoms with Gasteiger partial charge < -0.3 is 14.7 Å². The van der Waals surface area contributed by atoms with Gasteiger partial charge in [-0.15, -0.1) is 0 Å². The molecule has 3 aromatic rings. The van der Waals surface area contributed by atoms with Crippen LogP contribution < -0.4 is 15.2 Å². The van der Waals surface area contributed by atoms with Crippen LogP contribution in [0.5, 0.6) is 5.88 Å². The van der Waals surface area contributed by atoms with Crippen LogP contribution in [-0.2, 0) is 24.4 Å². The summed E-state index contributed by atoms with van der Waals surface area (Å²) in [5, 5.41) is 9.12. The number of carbonyl (C=O) groups excluding carboxylic acids is 1.